The molecule has 2 N–H and O–H groups in total. The van der Waals surface area contributed by atoms with Crippen molar-refractivity contribution in [1.29, 1.82) is 0 Å². The summed E-state index contributed by atoms with van der Waals surface area (Å²) in [7, 11) is 1.66. The van der Waals surface area contributed by atoms with Gasteiger partial charge in [-0.15, -0.1) is 24.0 Å². The first-order chi connectivity index (χ1) is 14.1. The van der Waals surface area contributed by atoms with Gasteiger partial charge in [0.25, 0.3) is 0 Å². The van der Waals surface area contributed by atoms with Crippen molar-refractivity contribution in [1.82, 2.24) is 15.5 Å². The molecule has 2 fully saturated rings. The molecule has 3 heterocycles. The molecule has 0 amide bonds. The Kier molecular flexibility index (Phi) is 8.17. The molecule has 2 unspecified atom stereocenters. The van der Waals surface area contributed by atoms with Gasteiger partial charge in [0.1, 0.15) is 5.75 Å². The van der Waals surface area contributed by atoms with Crippen molar-refractivity contribution in [3.8, 4) is 17.2 Å². The topological polar surface area (TPSA) is 76.6 Å². The van der Waals surface area contributed by atoms with E-state index in [2.05, 4.69) is 25.3 Å². The molecule has 0 radical (unpaired) electrons. The second kappa shape index (κ2) is 10.6. The van der Waals surface area contributed by atoms with Crippen molar-refractivity contribution in [2.75, 3.05) is 40.1 Å². The molecular weight excluding hydrogens is 513 g/mol. The average Bonchev–Trinajstić information content (AvgIpc) is 3.35. The fraction of sp³-hybridized carbons (Fsp3) is 0.632. The third-order valence-corrected chi connectivity index (χ3v) is 5.40. The number of halogens is 3. The first kappa shape index (κ1) is 23.1. The molecule has 4 rings (SSSR count). The number of hydrogen-bond acceptors (Lipinski definition) is 6. The largest absolute Gasteiger partial charge is 0.454 e. The molecule has 168 valence electrons. The summed E-state index contributed by atoms with van der Waals surface area (Å²) in [6, 6.07) is 3.62. The quantitative estimate of drug-likeness (QED) is 0.326. The summed E-state index contributed by atoms with van der Waals surface area (Å²) in [4.78, 5) is 6.68. The maximum atomic E-state index is 12.8. The van der Waals surface area contributed by atoms with Crippen LogP contribution in [0.2, 0.25) is 0 Å². The maximum Gasteiger partial charge on any atom is 0.387 e. The smallest absolute Gasteiger partial charge is 0.387 e. The number of hydrogen-bond donors (Lipinski definition) is 2. The van der Waals surface area contributed by atoms with Crippen molar-refractivity contribution in [3.05, 3.63) is 17.7 Å². The monoisotopic (exact) mass is 540 g/mol. The van der Waals surface area contributed by atoms with Gasteiger partial charge in [0.2, 0.25) is 6.79 Å². The predicted octanol–water partition coefficient (Wildman–Crippen LogP) is 2.16. The van der Waals surface area contributed by atoms with E-state index in [0.29, 0.717) is 35.6 Å². The minimum Gasteiger partial charge on any atom is -0.454 e. The van der Waals surface area contributed by atoms with Gasteiger partial charge in [0, 0.05) is 44.4 Å². The summed E-state index contributed by atoms with van der Waals surface area (Å²) >= 11 is 0. The Hall–Kier alpha value is -1.60. The van der Waals surface area contributed by atoms with Gasteiger partial charge in [0.15, 0.2) is 17.5 Å². The van der Waals surface area contributed by atoms with Gasteiger partial charge in [-0.1, -0.05) is 0 Å². The van der Waals surface area contributed by atoms with Crippen LogP contribution in [0.25, 0.3) is 0 Å². The van der Waals surface area contributed by atoms with Crippen LogP contribution in [-0.2, 0) is 11.3 Å². The second-order valence-electron chi connectivity index (χ2n) is 7.24. The number of morpholine rings is 1. The van der Waals surface area contributed by atoms with Crippen molar-refractivity contribution < 1.29 is 27.7 Å². The highest BCUT2D eigenvalue weighted by Crippen LogP contribution is 2.38. The minimum atomic E-state index is -2.93. The summed E-state index contributed by atoms with van der Waals surface area (Å²) in [6.07, 6.45) is 2.53. The molecular formula is C19H27F2IN4O4. The molecule has 11 heteroatoms. The van der Waals surface area contributed by atoms with Crippen LogP contribution in [0.15, 0.2) is 17.1 Å². The van der Waals surface area contributed by atoms with Crippen LogP contribution >= 0.6 is 24.0 Å². The van der Waals surface area contributed by atoms with Crippen LogP contribution < -0.4 is 24.8 Å². The van der Waals surface area contributed by atoms with Gasteiger partial charge < -0.3 is 29.6 Å². The molecule has 0 aromatic heterocycles. The van der Waals surface area contributed by atoms with Crippen LogP contribution in [0.5, 0.6) is 17.2 Å². The lowest BCUT2D eigenvalue weighted by atomic mass is 10.1. The molecule has 8 nitrogen and oxygen atoms in total. The zero-order valence-corrected chi connectivity index (χ0v) is 19.1. The fourth-order valence-corrected chi connectivity index (χ4v) is 3.93. The molecule has 3 aliphatic heterocycles. The molecule has 0 saturated carbocycles. The molecule has 1 aromatic carbocycles. The number of benzene rings is 1. The van der Waals surface area contributed by atoms with Crippen molar-refractivity contribution in [2.45, 2.75) is 38.1 Å². The van der Waals surface area contributed by atoms with E-state index < -0.39 is 6.61 Å². The minimum absolute atomic E-state index is 0. The van der Waals surface area contributed by atoms with Gasteiger partial charge in [-0.25, -0.2) is 0 Å². The molecule has 0 spiro atoms. The summed E-state index contributed by atoms with van der Waals surface area (Å²) in [5, 5.41) is 6.37. The van der Waals surface area contributed by atoms with E-state index in [-0.39, 0.29) is 49.2 Å². The lowest BCUT2D eigenvalue weighted by Gasteiger charge is -2.35. The van der Waals surface area contributed by atoms with E-state index in [0.717, 1.165) is 19.7 Å². The average molecular weight is 540 g/mol. The Balaban J connectivity index is 0.00000256. The predicted molar refractivity (Wildman–Crippen MR) is 117 cm³/mol. The van der Waals surface area contributed by atoms with Crippen molar-refractivity contribution in [2.24, 2.45) is 4.99 Å². The highest BCUT2D eigenvalue weighted by atomic mass is 127. The van der Waals surface area contributed by atoms with Gasteiger partial charge in [-0.3, -0.25) is 9.89 Å². The Morgan fingerprint density at radius 2 is 2.10 bits per heavy atom. The lowest BCUT2D eigenvalue weighted by molar-refractivity contribution is -0.0505. The first-order valence-corrected chi connectivity index (χ1v) is 9.80. The number of nitrogens with one attached hydrogen (secondary N) is 2. The summed E-state index contributed by atoms with van der Waals surface area (Å²) in [5.74, 6) is 1.49. The summed E-state index contributed by atoms with van der Waals surface area (Å²) in [6.45, 7) is 0.789. The Morgan fingerprint density at radius 1 is 1.30 bits per heavy atom. The van der Waals surface area contributed by atoms with Gasteiger partial charge in [-0.05, 0) is 25.5 Å². The van der Waals surface area contributed by atoms with Crippen LogP contribution in [0, 0.1) is 0 Å². The highest BCUT2D eigenvalue weighted by Gasteiger charge is 2.32. The van der Waals surface area contributed by atoms with Gasteiger partial charge >= 0.3 is 6.61 Å². The SMILES string of the molecule is CN=C(NCc1cc2c(cc1OC(F)F)OCO2)NCC1CN2CCCC2CO1.I. The zero-order chi connectivity index (χ0) is 20.2. The first-order valence-electron chi connectivity index (χ1n) is 9.80. The second-order valence-corrected chi connectivity index (χ2v) is 7.24. The number of rotatable bonds is 6. The lowest BCUT2D eigenvalue weighted by Crippen LogP contribution is -2.51. The van der Waals surface area contributed by atoms with Crippen LogP contribution in [0.3, 0.4) is 0 Å². The number of fused-ring (bicyclic) bond motifs is 2. The number of ether oxygens (including phenoxy) is 4. The highest BCUT2D eigenvalue weighted by molar-refractivity contribution is 14.0. The number of alkyl halides is 2. The van der Waals surface area contributed by atoms with Crippen LogP contribution in [0.1, 0.15) is 18.4 Å². The Morgan fingerprint density at radius 3 is 2.87 bits per heavy atom. The molecule has 0 aliphatic carbocycles. The fourth-order valence-electron chi connectivity index (χ4n) is 3.93. The van der Waals surface area contributed by atoms with E-state index in [1.54, 1.807) is 13.1 Å². The van der Waals surface area contributed by atoms with Gasteiger partial charge in [-0.2, -0.15) is 8.78 Å². The van der Waals surface area contributed by atoms with Crippen LogP contribution in [0.4, 0.5) is 8.78 Å². The molecule has 0 bridgehead atoms. The van der Waals surface area contributed by atoms with E-state index in [1.807, 2.05) is 0 Å². The van der Waals surface area contributed by atoms with Gasteiger partial charge in [0.05, 0.1) is 12.7 Å². The molecule has 30 heavy (non-hydrogen) atoms. The Labute approximate surface area is 191 Å². The van der Waals surface area contributed by atoms with E-state index in [9.17, 15) is 8.78 Å². The van der Waals surface area contributed by atoms with Crippen molar-refractivity contribution >= 4 is 29.9 Å². The van der Waals surface area contributed by atoms with Crippen molar-refractivity contribution in [3.63, 3.8) is 0 Å². The maximum absolute atomic E-state index is 12.8. The van der Waals surface area contributed by atoms with Crippen LogP contribution in [-0.4, -0.2) is 69.7 Å². The molecule has 2 atom stereocenters. The van der Waals surface area contributed by atoms with E-state index >= 15 is 0 Å². The standard InChI is InChI=1S/C19H26F2N4O4.HI/c1-22-19(24-8-14-9-25-4-2-3-13(25)10-26-14)23-7-12-5-16-17(28-11-27-16)6-15(12)29-18(20)21;/h5-6,13-14,18H,2-4,7-11H2,1H3,(H2,22,23,24);1H. The Bertz CT molecular complexity index is 755. The third-order valence-electron chi connectivity index (χ3n) is 5.40. The number of aliphatic imine (C=N–C) groups is 1. The molecule has 1 aromatic rings. The van der Waals surface area contributed by atoms with E-state index in [4.69, 9.17) is 14.2 Å². The zero-order valence-electron chi connectivity index (χ0n) is 16.7. The van der Waals surface area contributed by atoms with E-state index in [1.165, 1.54) is 18.9 Å². The number of guanidine groups is 1. The molecule has 2 saturated heterocycles. The summed E-state index contributed by atoms with van der Waals surface area (Å²) in [5.41, 5.74) is 0.520. The molecule has 3 aliphatic rings. The normalized spacial score (nSPS) is 23.1. The summed E-state index contributed by atoms with van der Waals surface area (Å²) < 4.78 is 46.7. The third kappa shape index (κ3) is 5.55. The number of nitrogens with zero attached hydrogens (tertiary/aromatic N) is 2.